The number of imide groups is 1. The molecule has 2 aliphatic heterocycles. The molecule has 0 bridgehead atoms. The Morgan fingerprint density at radius 3 is 2.28 bits per heavy atom. The summed E-state index contributed by atoms with van der Waals surface area (Å²) in [5.74, 6) is -3.46. The van der Waals surface area contributed by atoms with E-state index in [0.29, 0.717) is 10.7 Å². The van der Waals surface area contributed by atoms with Crippen molar-refractivity contribution >= 4 is 34.8 Å². The molecule has 2 amide bonds. The molecule has 0 saturated carbocycles. The minimum absolute atomic E-state index is 0.0467. The molecule has 4 rings (SSSR count). The van der Waals surface area contributed by atoms with Crippen molar-refractivity contribution in [3.8, 4) is 0 Å². The van der Waals surface area contributed by atoms with Crippen LogP contribution in [-0.4, -0.2) is 23.9 Å². The van der Waals surface area contributed by atoms with Gasteiger partial charge in [-0.05, 0) is 36.4 Å². The van der Waals surface area contributed by atoms with E-state index in [2.05, 4.69) is 10.3 Å². The molecule has 1 saturated heterocycles. The third kappa shape index (κ3) is 2.37. The van der Waals surface area contributed by atoms with Crippen LogP contribution in [0.1, 0.15) is 0 Å². The Kier molecular flexibility index (Phi) is 3.50. The summed E-state index contributed by atoms with van der Waals surface area (Å²) in [6, 6.07) is 7.34. The van der Waals surface area contributed by atoms with E-state index >= 15 is 0 Å². The van der Waals surface area contributed by atoms with Crippen molar-refractivity contribution in [2.75, 3.05) is 9.91 Å². The zero-order chi connectivity index (χ0) is 17.7. The van der Waals surface area contributed by atoms with E-state index in [9.17, 15) is 18.4 Å². The van der Waals surface area contributed by atoms with Gasteiger partial charge in [0.15, 0.2) is 23.7 Å². The van der Waals surface area contributed by atoms with Gasteiger partial charge in [0.25, 0.3) is 11.8 Å². The third-order valence-electron chi connectivity index (χ3n) is 4.03. The average Bonchev–Trinajstić information content (AvgIpc) is 3.12. The molecule has 2 heterocycles. The summed E-state index contributed by atoms with van der Waals surface area (Å²) in [5, 5.41) is 9.59. The van der Waals surface area contributed by atoms with E-state index in [-0.39, 0.29) is 5.69 Å². The number of nitrogens with zero attached hydrogens (tertiary/aromatic N) is 4. The van der Waals surface area contributed by atoms with Crippen molar-refractivity contribution in [2.24, 2.45) is 10.3 Å². The highest BCUT2D eigenvalue weighted by atomic mass is 35.5. The van der Waals surface area contributed by atoms with E-state index in [0.717, 1.165) is 17.0 Å². The molecule has 126 valence electrons. The Balaban J connectivity index is 1.70. The van der Waals surface area contributed by atoms with Crippen molar-refractivity contribution in [1.82, 2.24) is 0 Å². The van der Waals surface area contributed by atoms with Crippen LogP contribution in [0.25, 0.3) is 0 Å². The zero-order valence-electron chi connectivity index (χ0n) is 12.4. The Morgan fingerprint density at radius 2 is 1.60 bits per heavy atom. The predicted octanol–water partition coefficient (Wildman–Crippen LogP) is 3.12. The molecule has 2 aromatic rings. The minimum atomic E-state index is -1.15. The van der Waals surface area contributed by atoms with Gasteiger partial charge in [0.05, 0.1) is 11.4 Å². The Morgan fingerprint density at radius 1 is 0.920 bits per heavy atom. The first-order chi connectivity index (χ1) is 12.0. The van der Waals surface area contributed by atoms with Crippen LogP contribution in [-0.2, 0) is 9.59 Å². The van der Waals surface area contributed by atoms with Crippen molar-refractivity contribution in [1.29, 1.82) is 0 Å². The number of hydrogen-bond donors (Lipinski definition) is 0. The van der Waals surface area contributed by atoms with E-state index in [1.54, 1.807) is 24.3 Å². The van der Waals surface area contributed by atoms with Gasteiger partial charge in [0.1, 0.15) is 0 Å². The summed E-state index contributed by atoms with van der Waals surface area (Å²) in [6.45, 7) is 0. The molecule has 9 heteroatoms. The molecular weight excluding hydrogens is 354 g/mol. The lowest BCUT2D eigenvalue weighted by Crippen LogP contribution is -2.39. The average molecular weight is 363 g/mol. The van der Waals surface area contributed by atoms with Gasteiger partial charge < -0.3 is 0 Å². The highest BCUT2D eigenvalue weighted by Gasteiger charge is 2.55. The van der Waals surface area contributed by atoms with Gasteiger partial charge in [-0.25, -0.2) is 18.7 Å². The number of carbonyl (C=O) groups excluding carboxylic acids is 2. The normalized spacial score (nSPS) is 22.0. The lowest BCUT2D eigenvalue weighted by molar-refractivity contribution is -0.121. The Labute approximate surface area is 145 Å². The van der Waals surface area contributed by atoms with Gasteiger partial charge in [-0.15, -0.1) is 0 Å². The molecule has 6 nitrogen and oxygen atoms in total. The van der Waals surface area contributed by atoms with E-state index < -0.39 is 35.5 Å². The Bertz CT molecular complexity index is 919. The summed E-state index contributed by atoms with van der Waals surface area (Å²) in [5.41, 5.74) is 0.489. The second-order valence-electron chi connectivity index (χ2n) is 5.53. The fourth-order valence-electron chi connectivity index (χ4n) is 2.85. The number of fused-ring (bicyclic) bond motifs is 1. The number of hydrogen-bond acceptors (Lipinski definition) is 5. The van der Waals surface area contributed by atoms with Crippen LogP contribution in [0.3, 0.4) is 0 Å². The molecule has 25 heavy (non-hydrogen) atoms. The SMILES string of the molecule is O=C1[C@@H]2N=NN(c3ccc(Cl)cc3)[C@H]2C(=O)N1c1ccc(F)c(F)c1. The van der Waals surface area contributed by atoms with E-state index in [4.69, 9.17) is 11.6 Å². The summed E-state index contributed by atoms with van der Waals surface area (Å²) in [7, 11) is 0. The second-order valence-corrected chi connectivity index (χ2v) is 5.96. The van der Waals surface area contributed by atoms with Gasteiger partial charge in [-0.1, -0.05) is 16.8 Å². The monoisotopic (exact) mass is 362 g/mol. The zero-order valence-corrected chi connectivity index (χ0v) is 13.2. The number of carbonyl (C=O) groups is 2. The molecule has 0 aliphatic carbocycles. The van der Waals surface area contributed by atoms with Crippen LogP contribution in [0.15, 0.2) is 52.8 Å². The lowest BCUT2D eigenvalue weighted by Gasteiger charge is -2.20. The number of anilines is 2. The molecule has 2 atom stereocenters. The summed E-state index contributed by atoms with van der Waals surface area (Å²) in [6.07, 6.45) is 0. The van der Waals surface area contributed by atoms with Crippen LogP contribution in [0.4, 0.5) is 20.2 Å². The molecule has 0 unspecified atom stereocenters. The highest BCUT2D eigenvalue weighted by molar-refractivity contribution is 6.30. The summed E-state index contributed by atoms with van der Waals surface area (Å²) < 4.78 is 26.6. The fraction of sp³-hybridized carbons (Fsp3) is 0.125. The number of amides is 2. The topological polar surface area (TPSA) is 65.3 Å². The first kappa shape index (κ1) is 15.6. The van der Waals surface area contributed by atoms with Crippen LogP contribution in [0.5, 0.6) is 0 Å². The number of rotatable bonds is 2. The van der Waals surface area contributed by atoms with E-state index in [1.807, 2.05) is 0 Å². The smallest absolute Gasteiger partial charge is 0.263 e. The molecule has 0 radical (unpaired) electrons. The van der Waals surface area contributed by atoms with Gasteiger partial charge in [-0.3, -0.25) is 9.59 Å². The van der Waals surface area contributed by atoms with Crippen molar-refractivity contribution in [3.63, 3.8) is 0 Å². The largest absolute Gasteiger partial charge is 0.271 e. The van der Waals surface area contributed by atoms with Crippen LogP contribution >= 0.6 is 11.6 Å². The maximum absolute atomic E-state index is 13.5. The maximum Gasteiger partial charge on any atom is 0.263 e. The first-order valence-electron chi connectivity index (χ1n) is 7.26. The maximum atomic E-state index is 13.5. The number of benzene rings is 2. The van der Waals surface area contributed by atoms with Crippen molar-refractivity contribution < 1.29 is 18.4 Å². The first-order valence-corrected chi connectivity index (χ1v) is 7.63. The van der Waals surface area contributed by atoms with Crippen LogP contribution in [0.2, 0.25) is 5.02 Å². The van der Waals surface area contributed by atoms with E-state index in [1.165, 1.54) is 11.1 Å². The predicted molar refractivity (Wildman–Crippen MR) is 85.2 cm³/mol. The highest BCUT2D eigenvalue weighted by Crippen LogP contribution is 2.35. The van der Waals surface area contributed by atoms with Gasteiger partial charge in [0, 0.05) is 11.1 Å². The summed E-state index contributed by atoms with van der Waals surface area (Å²) in [4.78, 5) is 26.1. The summed E-state index contributed by atoms with van der Waals surface area (Å²) >= 11 is 5.84. The third-order valence-corrected chi connectivity index (χ3v) is 4.29. The molecule has 1 fully saturated rings. The molecule has 0 spiro atoms. The minimum Gasteiger partial charge on any atom is -0.271 e. The van der Waals surface area contributed by atoms with Gasteiger partial charge >= 0.3 is 0 Å². The Hall–Kier alpha value is -2.87. The molecule has 0 aromatic heterocycles. The molecular formula is C16H9ClF2N4O2. The number of halogens is 3. The standard InChI is InChI=1S/C16H9ClF2N4O2/c17-8-1-3-9(4-2-8)23-14-13(20-21-23)15(24)22(16(14)25)10-5-6-11(18)12(19)7-10/h1-7,13-14H/t13-,14-/m1/s1. The van der Waals surface area contributed by atoms with Gasteiger partial charge in [0.2, 0.25) is 0 Å². The fourth-order valence-corrected chi connectivity index (χ4v) is 2.97. The lowest BCUT2D eigenvalue weighted by atomic mass is 10.1. The van der Waals surface area contributed by atoms with Crippen LogP contribution in [0, 0.1) is 11.6 Å². The molecule has 2 aromatic carbocycles. The van der Waals surface area contributed by atoms with Crippen molar-refractivity contribution in [2.45, 2.75) is 12.1 Å². The second kappa shape index (κ2) is 5.59. The van der Waals surface area contributed by atoms with Crippen LogP contribution < -0.4 is 9.91 Å². The van der Waals surface area contributed by atoms with Gasteiger partial charge in [-0.2, -0.15) is 5.11 Å². The molecule has 0 N–H and O–H groups in total. The quantitative estimate of drug-likeness (QED) is 0.771. The van der Waals surface area contributed by atoms with Crippen molar-refractivity contribution in [3.05, 3.63) is 59.1 Å². The molecule has 2 aliphatic rings.